The number of hydrogen-bond acceptors (Lipinski definition) is 2. The van der Waals surface area contributed by atoms with Gasteiger partial charge in [-0.05, 0) is 37.6 Å². The van der Waals surface area contributed by atoms with Crippen molar-refractivity contribution in [3.63, 3.8) is 0 Å². The number of ether oxygens (including phenoxy) is 1. The maximum atomic E-state index is 13.1. The van der Waals surface area contributed by atoms with Gasteiger partial charge in [-0.25, -0.2) is 0 Å². The maximum Gasteiger partial charge on any atom is 0.420 e. The lowest BCUT2D eigenvalue weighted by Gasteiger charge is -2.26. The Labute approximate surface area is 127 Å². The third kappa shape index (κ3) is 4.27. The van der Waals surface area contributed by atoms with E-state index < -0.39 is 11.7 Å². The van der Waals surface area contributed by atoms with Crippen molar-refractivity contribution in [1.29, 1.82) is 0 Å². The van der Waals surface area contributed by atoms with Crippen LogP contribution in [0.3, 0.4) is 0 Å². The van der Waals surface area contributed by atoms with Crippen LogP contribution in [-0.4, -0.2) is 19.2 Å². The van der Waals surface area contributed by atoms with E-state index in [2.05, 4.69) is 5.32 Å². The van der Waals surface area contributed by atoms with Crippen LogP contribution < -0.4 is 10.1 Å². The molecule has 1 saturated heterocycles. The first-order valence-electron chi connectivity index (χ1n) is 7.16. The van der Waals surface area contributed by atoms with E-state index in [1.54, 1.807) is 0 Å². The summed E-state index contributed by atoms with van der Waals surface area (Å²) in [5, 5.41) is 3.29. The van der Waals surface area contributed by atoms with Crippen molar-refractivity contribution < 1.29 is 17.9 Å². The minimum absolute atomic E-state index is 0.0595. The van der Waals surface area contributed by atoms with E-state index in [0.717, 1.165) is 38.4 Å². The first-order valence-corrected chi connectivity index (χ1v) is 7.53. The van der Waals surface area contributed by atoms with E-state index in [-0.39, 0.29) is 22.8 Å². The average Bonchev–Trinajstić information content (AvgIpc) is 2.93. The van der Waals surface area contributed by atoms with Gasteiger partial charge in [0, 0.05) is 17.5 Å². The molecule has 1 aliphatic rings. The predicted octanol–water partition coefficient (Wildman–Crippen LogP) is 4.52. The highest BCUT2D eigenvalue weighted by atomic mass is 35.5. The summed E-state index contributed by atoms with van der Waals surface area (Å²) < 4.78 is 45.0. The van der Waals surface area contributed by atoms with Crippen LogP contribution in [0.4, 0.5) is 13.2 Å². The summed E-state index contributed by atoms with van der Waals surface area (Å²) in [5.41, 5.74) is -0.804. The van der Waals surface area contributed by atoms with Gasteiger partial charge in [0.2, 0.25) is 0 Å². The van der Waals surface area contributed by atoms with E-state index in [9.17, 15) is 13.2 Å². The summed E-state index contributed by atoms with van der Waals surface area (Å²) in [6.45, 7) is 3.69. The van der Waals surface area contributed by atoms with Gasteiger partial charge in [0.05, 0.1) is 5.56 Å². The molecule has 1 unspecified atom stereocenters. The molecule has 118 valence electrons. The average molecular weight is 322 g/mol. The van der Waals surface area contributed by atoms with Crippen LogP contribution in [0.25, 0.3) is 0 Å². The zero-order chi connectivity index (χ0) is 15.5. The summed E-state index contributed by atoms with van der Waals surface area (Å²) >= 11 is 5.68. The fraction of sp³-hybridized carbons (Fsp3) is 0.600. The summed E-state index contributed by atoms with van der Waals surface area (Å²) in [6, 6.07) is 3.67. The molecule has 1 N–H and O–H groups in total. The van der Waals surface area contributed by atoms with Gasteiger partial charge in [0.15, 0.2) is 0 Å². The molecule has 1 fully saturated rings. The van der Waals surface area contributed by atoms with Gasteiger partial charge in [-0.2, -0.15) is 13.2 Å². The SMILES string of the molecule is CCC[C@H](Oc1ccc(Cl)cc1C(F)(F)F)C1CCNC1. The molecule has 0 aromatic heterocycles. The molecule has 2 nitrogen and oxygen atoms in total. The van der Waals surface area contributed by atoms with Gasteiger partial charge in [0.25, 0.3) is 0 Å². The molecular weight excluding hydrogens is 303 g/mol. The first-order chi connectivity index (χ1) is 9.91. The zero-order valence-corrected chi connectivity index (χ0v) is 12.6. The number of benzene rings is 1. The molecule has 2 rings (SSSR count). The first kappa shape index (κ1) is 16.4. The largest absolute Gasteiger partial charge is 0.489 e. The molecule has 0 spiro atoms. The van der Waals surface area contributed by atoms with Gasteiger partial charge in [-0.15, -0.1) is 0 Å². The Morgan fingerprint density at radius 3 is 2.76 bits per heavy atom. The van der Waals surface area contributed by atoms with Crippen LogP contribution in [0.1, 0.15) is 31.7 Å². The van der Waals surface area contributed by atoms with Gasteiger partial charge >= 0.3 is 6.18 Å². The molecule has 1 aromatic carbocycles. The van der Waals surface area contributed by atoms with E-state index in [4.69, 9.17) is 16.3 Å². The molecule has 0 bridgehead atoms. The predicted molar refractivity (Wildman–Crippen MR) is 76.8 cm³/mol. The van der Waals surface area contributed by atoms with Crippen LogP contribution in [0.15, 0.2) is 18.2 Å². The van der Waals surface area contributed by atoms with Crippen molar-refractivity contribution in [2.75, 3.05) is 13.1 Å². The molecule has 1 aromatic rings. The molecule has 2 atom stereocenters. The lowest BCUT2D eigenvalue weighted by Crippen LogP contribution is -2.29. The van der Waals surface area contributed by atoms with E-state index in [1.165, 1.54) is 12.1 Å². The molecule has 0 amide bonds. The monoisotopic (exact) mass is 321 g/mol. The van der Waals surface area contributed by atoms with E-state index >= 15 is 0 Å². The Bertz CT molecular complexity index is 472. The number of nitrogens with one attached hydrogen (secondary N) is 1. The lowest BCUT2D eigenvalue weighted by molar-refractivity contribution is -0.139. The fourth-order valence-corrected chi connectivity index (χ4v) is 2.83. The summed E-state index contributed by atoms with van der Waals surface area (Å²) in [7, 11) is 0. The minimum atomic E-state index is -4.47. The van der Waals surface area contributed by atoms with Crippen molar-refractivity contribution in [3.8, 4) is 5.75 Å². The molecule has 6 heteroatoms. The summed E-state index contributed by atoms with van der Waals surface area (Å²) in [5.74, 6) is 0.124. The number of alkyl halides is 3. The normalized spacial score (nSPS) is 20.5. The van der Waals surface area contributed by atoms with E-state index in [0.29, 0.717) is 0 Å². The van der Waals surface area contributed by atoms with Gasteiger partial charge < -0.3 is 10.1 Å². The molecule has 21 heavy (non-hydrogen) atoms. The maximum absolute atomic E-state index is 13.1. The standard InChI is InChI=1S/C15H19ClF3NO/c1-2-3-13(10-6-7-20-9-10)21-14-5-4-11(16)8-12(14)15(17,18)19/h4-5,8,10,13,20H,2-3,6-7,9H2,1H3/t10?,13-/m0/s1. The fourth-order valence-electron chi connectivity index (χ4n) is 2.66. The molecule has 0 aliphatic carbocycles. The second-order valence-electron chi connectivity index (χ2n) is 5.34. The Balaban J connectivity index is 2.23. The Morgan fingerprint density at radius 1 is 1.43 bits per heavy atom. The molecule has 0 saturated carbocycles. The summed E-state index contributed by atoms with van der Waals surface area (Å²) in [4.78, 5) is 0. The smallest absolute Gasteiger partial charge is 0.420 e. The number of hydrogen-bond donors (Lipinski definition) is 1. The van der Waals surface area contributed by atoms with E-state index in [1.807, 2.05) is 6.92 Å². The second kappa shape index (κ2) is 6.88. The van der Waals surface area contributed by atoms with Gasteiger partial charge in [-0.1, -0.05) is 24.9 Å². The highest BCUT2D eigenvalue weighted by Crippen LogP contribution is 2.39. The topological polar surface area (TPSA) is 21.3 Å². The summed E-state index contributed by atoms with van der Waals surface area (Å²) in [6.07, 6.45) is -2.13. The van der Waals surface area contributed by atoms with Crippen molar-refractivity contribution in [1.82, 2.24) is 5.32 Å². The van der Waals surface area contributed by atoms with Crippen LogP contribution in [0.2, 0.25) is 5.02 Å². The Hall–Kier alpha value is -0.940. The Morgan fingerprint density at radius 2 is 2.19 bits per heavy atom. The number of halogens is 4. The molecule has 1 heterocycles. The lowest BCUT2D eigenvalue weighted by atomic mass is 9.97. The van der Waals surface area contributed by atoms with Crippen LogP contribution >= 0.6 is 11.6 Å². The van der Waals surface area contributed by atoms with Crippen LogP contribution in [0.5, 0.6) is 5.75 Å². The Kier molecular flexibility index (Phi) is 5.38. The third-order valence-corrected chi connectivity index (χ3v) is 3.96. The quantitative estimate of drug-likeness (QED) is 0.861. The van der Waals surface area contributed by atoms with Crippen LogP contribution in [-0.2, 0) is 6.18 Å². The highest BCUT2D eigenvalue weighted by Gasteiger charge is 2.36. The van der Waals surface area contributed by atoms with Crippen LogP contribution in [0, 0.1) is 5.92 Å². The minimum Gasteiger partial charge on any atom is -0.489 e. The molecular formula is C15H19ClF3NO. The molecule has 0 radical (unpaired) electrons. The van der Waals surface area contributed by atoms with Crippen molar-refractivity contribution in [3.05, 3.63) is 28.8 Å². The van der Waals surface area contributed by atoms with Gasteiger partial charge in [0.1, 0.15) is 11.9 Å². The second-order valence-corrected chi connectivity index (χ2v) is 5.77. The number of rotatable bonds is 5. The zero-order valence-electron chi connectivity index (χ0n) is 11.8. The van der Waals surface area contributed by atoms with Gasteiger partial charge in [-0.3, -0.25) is 0 Å². The highest BCUT2D eigenvalue weighted by molar-refractivity contribution is 6.30. The van der Waals surface area contributed by atoms with Crippen molar-refractivity contribution in [2.24, 2.45) is 5.92 Å². The van der Waals surface area contributed by atoms with Crippen molar-refractivity contribution in [2.45, 2.75) is 38.5 Å². The molecule has 1 aliphatic heterocycles. The third-order valence-electron chi connectivity index (χ3n) is 3.72. The van der Waals surface area contributed by atoms with Crippen molar-refractivity contribution >= 4 is 11.6 Å².